The van der Waals surface area contributed by atoms with Gasteiger partial charge in [0, 0.05) is 19.1 Å². The minimum Gasteiger partial charge on any atom is -0.459 e. The van der Waals surface area contributed by atoms with Crippen LogP contribution in [0.3, 0.4) is 0 Å². The van der Waals surface area contributed by atoms with Crippen molar-refractivity contribution in [3.05, 3.63) is 29.8 Å². The molecule has 0 aliphatic heterocycles. The summed E-state index contributed by atoms with van der Waals surface area (Å²) in [6.07, 6.45) is 3.80. The highest BCUT2D eigenvalue weighted by molar-refractivity contribution is 6.16. The number of nitrogens with zero attached hydrogens (tertiary/aromatic N) is 1. The zero-order valence-electron chi connectivity index (χ0n) is 16.0. The van der Waals surface area contributed by atoms with Gasteiger partial charge in [0.2, 0.25) is 0 Å². The number of benzene rings is 1. The Hall–Kier alpha value is -2.30. The summed E-state index contributed by atoms with van der Waals surface area (Å²) in [6, 6.07) is 6.60. The molecule has 0 radical (unpaired) electrons. The average molecular weight is 357 g/mol. The molecule has 1 saturated carbocycles. The summed E-state index contributed by atoms with van der Waals surface area (Å²) in [6.45, 7) is 7.65. The van der Waals surface area contributed by atoms with Crippen molar-refractivity contribution in [3.63, 3.8) is 0 Å². The van der Waals surface area contributed by atoms with Crippen LogP contribution in [0.4, 0.5) is 5.69 Å². The molecule has 2 rings (SSSR count). The molecule has 1 aromatic carbocycles. The lowest BCUT2D eigenvalue weighted by Gasteiger charge is -2.36. The highest BCUT2D eigenvalue weighted by Crippen LogP contribution is 2.40. The largest absolute Gasteiger partial charge is 0.459 e. The molecule has 5 heteroatoms. The fourth-order valence-electron chi connectivity index (χ4n) is 3.24. The van der Waals surface area contributed by atoms with Crippen molar-refractivity contribution >= 4 is 29.4 Å². The fourth-order valence-corrected chi connectivity index (χ4v) is 3.24. The van der Waals surface area contributed by atoms with Gasteiger partial charge < -0.3 is 4.74 Å². The van der Waals surface area contributed by atoms with Gasteiger partial charge in [0.05, 0.1) is 17.4 Å². The van der Waals surface area contributed by atoms with Gasteiger partial charge >= 0.3 is 5.97 Å². The Morgan fingerprint density at radius 3 is 2.15 bits per heavy atom. The number of hydrogen-bond donors (Lipinski definition) is 0. The molecule has 0 unspecified atom stereocenters. The van der Waals surface area contributed by atoms with Crippen LogP contribution in [0.5, 0.6) is 0 Å². The minimum absolute atomic E-state index is 0.0502. The second-order valence-electron chi connectivity index (χ2n) is 7.25. The number of ketones is 2. The SMILES string of the molecule is CCC1(CC)CC(=O)C(C=Nc2ccc(C(=O)OC(C)C)cc2)C(=O)C1. The summed E-state index contributed by atoms with van der Waals surface area (Å²) < 4.78 is 5.13. The Bertz CT molecular complexity index is 679. The lowest BCUT2D eigenvalue weighted by Crippen LogP contribution is -2.40. The van der Waals surface area contributed by atoms with Gasteiger partial charge in [-0.1, -0.05) is 13.8 Å². The van der Waals surface area contributed by atoms with Crippen molar-refractivity contribution in [2.24, 2.45) is 16.3 Å². The first-order valence-corrected chi connectivity index (χ1v) is 9.21. The maximum Gasteiger partial charge on any atom is 0.338 e. The van der Waals surface area contributed by atoms with Gasteiger partial charge in [-0.2, -0.15) is 0 Å². The Kier molecular flexibility index (Phi) is 6.46. The fraction of sp³-hybridized carbons (Fsp3) is 0.524. The monoisotopic (exact) mass is 357 g/mol. The number of rotatable bonds is 6. The summed E-state index contributed by atoms with van der Waals surface area (Å²) >= 11 is 0. The molecule has 0 N–H and O–H groups in total. The van der Waals surface area contributed by atoms with Crippen LogP contribution in [-0.2, 0) is 14.3 Å². The molecular formula is C21H27NO4. The first kappa shape index (κ1) is 20.0. The summed E-state index contributed by atoms with van der Waals surface area (Å²) in [5.41, 5.74) is 0.851. The number of ether oxygens (including phenoxy) is 1. The van der Waals surface area contributed by atoms with Crippen LogP contribution in [0.15, 0.2) is 29.3 Å². The van der Waals surface area contributed by atoms with E-state index in [4.69, 9.17) is 4.74 Å². The van der Waals surface area contributed by atoms with Gasteiger partial charge in [-0.15, -0.1) is 0 Å². The first-order chi connectivity index (χ1) is 12.3. The molecule has 0 aromatic heterocycles. The maximum absolute atomic E-state index is 12.4. The van der Waals surface area contributed by atoms with Gasteiger partial charge in [0.1, 0.15) is 17.5 Å². The molecule has 5 nitrogen and oxygen atoms in total. The maximum atomic E-state index is 12.4. The molecule has 0 heterocycles. The molecule has 0 amide bonds. The number of Topliss-reactive ketones (excluding diaryl/α,β-unsaturated/α-hetero) is 2. The Morgan fingerprint density at radius 2 is 1.69 bits per heavy atom. The molecule has 0 bridgehead atoms. The van der Waals surface area contributed by atoms with E-state index >= 15 is 0 Å². The van der Waals surface area contributed by atoms with Crippen molar-refractivity contribution in [2.75, 3.05) is 0 Å². The van der Waals surface area contributed by atoms with Crippen LogP contribution in [0.25, 0.3) is 0 Å². The predicted octanol–water partition coefficient (Wildman–Crippen LogP) is 4.31. The van der Waals surface area contributed by atoms with E-state index in [0.29, 0.717) is 24.1 Å². The van der Waals surface area contributed by atoms with Crippen LogP contribution in [0.1, 0.15) is 63.7 Å². The number of aliphatic imine (C=N–C) groups is 1. The summed E-state index contributed by atoms with van der Waals surface area (Å²) in [4.78, 5) is 41.0. The van der Waals surface area contributed by atoms with E-state index in [1.54, 1.807) is 38.1 Å². The molecule has 1 fully saturated rings. The van der Waals surface area contributed by atoms with Gasteiger partial charge in [-0.05, 0) is 56.4 Å². The van der Waals surface area contributed by atoms with E-state index in [1.807, 2.05) is 13.8 Å². The van der Waals surface area contributed by atoms with E-state index < -0.39 is 5.92 Å². The molecule has 0 atom stereocenters. The Morgan fingerprint density at radius 1 is 1.15 bits per heavy atom. The second-order valence-corrected chi connectivity index (χ2v) is 7.25. The zero-order valence-corrected chi connectivity index (χ0v) is 16.0. The normalized spacial score (nSPS) is 17.9. The number of esters is 1. The van der Waals surface area contributed by atoms with Gasteiger partial charge in [-0.3, -0.25) is 14.6 Å². The minimum atomic E-state index is -0.758. The third-order valence-electron chi connectivity index (χ3n) is 5.11. The zero-order chi connectivity index (χ0) is 19.3. The molecule has 0 saturated heterocycles. The molecule has 140 valence electrons. The lowest BCUT2D eigenvalue weighted by molar-refractivity contribution is -0.137. The van der Waals surface area contributed by atoms with Gasteiger partial charge in [-0.25, -0.2) is 4.79 Å². The van der Waals surface area contributed by atoms with Crippen LogP contribution in [0.2, 0.25) is 0 Å². The molecular weight excluding hydrogens is 330 g/mol. The van der Waals surface area contributed by atoms with Crippen molar-refractivity contribution in [3.8, 4) is 0 Å². The summed E-state index contributed by atoms with van der Waals surface area (Å²) in [5.74, 6) is -1.24. The molecule has 26 heavy (non-hydrogen) atoms. The third kappa shape index (κ3) is 4.65. The highest BCUT2D eigenvalue weighted by Gasteiger charge is 2.42. The lowest BCUT2D eigenvalue weighted by atomic mass is 9.66. The van der Waals surface area contributed by atoms with Gasteiger partial charge in [0.25, 0.3) is 0 Å². The van der Waals surface area contributed by atoms with Crippen molar-refractivity contribution < 1.29 is 19.1 Å². The Labute approximate surface area is 154 Å². The number of hydrogen-bond acceptors (Lipinski definition) is 5. The van der Waals surface area contributed by atoms with Crippen LogP contribution in [0, 0.1) is 11.3 Å². The Balaban J connectivity index is 2.07. The van der Waals surface area contributed by atoms with Crippen molar-refractivity contribution in [1.29, 1.82) is 0 Å². The van der Waals surface area contributed by atoms with Gasteiger partial charge in [0.15, 0.2) is 0 Å². The molecule has 1 aliphatic carbocycles. The number of carbonyl (C=O) groups is 3. The smallest absolute Gasteiger partial charge is 0.338 e. The summed E-state index contributed by atoms with van der Waals surface area (Å²) in [7, 11) is 0. The van der Waals surface area contributed by atoms with Crippen molar-refractivity contribution in [2.45, 2.75) is 59.5 Å². The first-order valence-electron chi connectivity index (χ1n) is 9.21. The quantitative estimate of drug-likeness (QED) is 0.432. The van der Waals surface area contributed by atoms with Crippen LogP contribution >= 0.6 is 0 Å². The van der Waals surface area contributed by atoms with E-state index in [9.17, 15) is 14.4 Å². The second kappa shape index (κ2) is 8.39. The topological polar surface area (TPSA) is 72.8 Å². The van der Waals surface area contributed by atoms with E-state index in [0.717, 1.165) is 12.8 Å². The molecule has 0 spiro atoms. The van der Waals surface area contributed by atoms with Crippen LogP contribution < -0.4 is 0 Å². The number of carbonyl (C=O) groups excluding carboxylic acids is 3. The molecule has 1 aromatic rings. The standard InChI is InChI=1S/C21H27NO4/c1-5-21(6-2)11-18(23)17(19(24)12-21)13-22-16-9-7-15(8-10-16)20(25)26-14(3)4/h7-10,13-14,17H,5-6,11-12H2,1-4H3. The van der Waals surface area contributed by atoms with E-state index in [-0.39, 0.29) is 29.1 Å². The van der Waals surface area contributed by atoms with E-state index in [1.165, 1.54) is 6.21 Å². The van der Waals surface area contributed by atoms with E-state index in [2.05, 4.69) is 4.99 Å². The predicted molar refractivity (Wildman–Crippen MR) is 101 cm³/mol. The third-order valence-corrected chi connectivity index (χ3v) is 5.11. The summed E-state index contributed by atoms with van der Waals surface area (Å²) in [5, 5.41) is 0. The van der Waals surface area contributed by atoms with Crippen LogP contribution in [-0.4, -0.2) is 29.9 Å². The highest BCUT2D eigenvalue weighted by atomic mass is 16.5. The van der Waals surface area contributed by atoms with Crippen molar-refractivity contribution in [1.82, 2.24) is 0 Å². The average Bonchev–Trinajstić information content (AvgIpc) is 2.60. The molecule has 1 aliphatic rings.